The molecule has 1 heterocycles. The Labute approximate surface area is 198 Å². The molecule has 0 bridgehead atoms. The van der Waals surface area contributed by atoms with Crippen molar-refractivity contribution in [2.24, 2.45) is 7.05 Å². The number of nitrogens with zero attached hydrogens (tertiary/aromatic N) is 3. The van der Waals surface area contributed by atoms with Gasteiger partial charge in [-0.2, -0.15) is 0 Å². The highest BCUT2D eigenvalue weighted by molar-refractivity contribution is 7.99. The number of aromatic nitrogens is 3. The van der Waals surface area contributed by atoms with Gasteiger partial charge in [-0.15, -0.1) is 10.2 Å². The van der Waals surface area contributed by atoms with E-state index in [2.05, 4.69) is 15.5 Å². The Morgan fingerprint density at radius 1 is 0.912 bits per heavy atom. The van der Waals surface area contributed by atoms with E-state index in [1.54, 1.807) is 66.2 Å². The van der Waals surface area contributed by atoms with Crippen LogP contribution in [0.4, 0.5) is 10.1 Å². The predicted molar refractivity (Wildman–Crippen MR) is 125 cm³/mol. The molecule has 1 aromatic heterocycles. The lowest BCUT2D eigenvalue weighted by Crippen LogP contribution is -2.24. The molecule has 0 atom stereocenters. The first-order valence-corrected chi connectivity index (χ1v) is 11.3. The van der Waals surface area contributed by atoms with Gasteiger partial charge in [0.2, 0.25) is 5.91 Å². The number of hydrogen-bond acceptors (Lipinski definition) is 6. The average Bonchev–Trinajstić information content (AvgIpc) is 3.22. The maximum atomic E-state index is 13.2. The van der Waals surface area contributed by atoms with Crippen molar-refractivity contribution < 1.29 is 18.8 Å². The summed E-state index contributed by atoms with van der Waals surface area (Å²) in [7, 11) is 1.76. The van der Waals surface area contributed by atoms with Gasteiger partial charge < -0.3 is 9.88 Å². The van der Waals surface area contributed by atoms with Crippen LogP contribution in [0.25, 0.3) is 11.4 Å². The summed E-state index contributed by atoms with van der Waals surface area (Å²) in [5.41, 5.74) is 2.14. The van der Waals surface area contributed by atoms with Gasteiger partial charge in [0.15, 0.2) is 22.5 Å². The minimum absolute atomic E-state index is 0.0117. The maximum absolute atomic E-state index is 13.2. The minimum Gasteiger partial charge on any atom is -0.325 e. The zero-order valence-corrected chi connectivity index (χ0v) is 18.7. The first kappa shape index (κ1) is 21.7. The number of carbonyl (C=O) groups is 3. The summed E-state index contributed by atoms with van der Waals surface area (Å²) in [6, 6.07) is 17.4. The number of thioether (sulfide) groups is 1. The van der Waals surface area contributed by atoms with E-state index in [-0.39, 0.29) is 40.2 Å². The summed E-state index contributed by atoms with van der Waals surface area (Å²) < 4.78 is 14.9. The van der Waals surface area contributed by atoms with Crippen molar-refractivity contribution in [1.29, 1.82) is 0 Å². The molecular formula is C25H17FN4O3S. The molecular weight excluding hydrogens is 455 g/mol. The van der Waals surface area contributed by atoms with Gasteiger partial charge in [0.05, 0.1) is 17.0 Å². The Kier molecular flexibility index (Phi) is 5.54. The van der Waals surface area contributed by atoms with Crippen LogP contribution in [0.1, 0.15) is 31.8 Å². The Bertz CT molecular complexity index is 1460. The number of ketones is 2. The number of anilines is 1. The monoisotopic (exact) mass is 472 g/mol. The van der Waals surface area contributed by atoms with Gasteiger partial charge in [0, 0.05) is 29.3 Å². The van der Waals surface area contributed by atoms with Crippen LogP contribution in [-0.4, -0.2) is 38.0 Å². The summed E-state index contributed by atoms with van der Waals surface area (Å²) in [6.07, 6.45) is 0. The summed E-state index contributed by atoms with van der Waals surface area (Å²) >= 11 is 1.17. The first-order chi connectivity index (χ1) is 16.4. The van der Waals surface area contributed by atoms with Gasteiger partial charge in [-0.3, -0.25) is 14.4 Å². The van der Waals surface area contributed by atoms with Crippen molar-refractivity contribution in [3.8, 4) is 11.4 Å². The van der Waals surface area contributed by atoms with E-state index in [9.17, 15) is 18.8 Å². The largest absolute Gasteiger partial charge is 0.325 e. The molecule has 1 N–H and O–H groups in total. The van der Waals surface area contributed by atoms with Crippen molar-refractivity contribution in [1.82, 2.24) is 14.8 Å². The first-order valence-electron chi connectivity index (χ1n) is 10.3. The topological polar surface area (TPSA) is 94.0 Å². The lowest BCUT2D eigenvalue weighted by molar-refractivity contribution is -0.113. The minimum atomic E-state index is -0.358. The number of rotatable bonds is 5. The fraction of sp³-hybridized carbons (Fsp3) is 0.0800. The molecule has 1 amide bonds. The molecule has 5 rings (SSSR count). The predicted octanol–water partition coefficient (Wildman–Crippen LogP) is 4.13. The second-order valence-corrected chi connectivity index (χ2v) is 8.58. The molecule has 3 aromatic carbocycles. The smallest absolute Gasteiger partial charge is 0.234 e. The third kappa shape index (κ3) is 3.80. The second-order valence-electron chi connectivity index (χ2n) is 7.64. The van der Waals surface area contributed by atoms with Crippen LogP contribution in [0.3, 0.4) is 0 Å². The standard InChI is InChI=1S/C25H17FN4O3S/c1-30-24(14-9-11-15(26)12-10-14)28-29-25(30)34-13-20(31)27-19-8-4-7-18-21(19)23(33)17-6-3-2-5-16(17)22(18)32/h2-12H,13H2,1H3,(H,27,31). The molecule has 34 heavy (non-hydrogen) atoms. The average molecular weight is 473 g/mol. The van der Waals surface area contributed by atoms with Crippen LogP contribution in [0, 0.1) is 5.82 Å². The molecule has 168 valence electrons. The van der Waals surface area contributed by atoms with Crippen molar-refractivity contribution >= 4 is 34.9 Å². The second kappa shape index (κ2) is 8.68. The van der Waals surface area contributed by atoms with E-state index in [4.69, 9.17) is 0 Å². The highest BCUT2D eigenvalue weighted by atomic mass is 32.2. The number of fused-ring (bicyclic) bond motifs is 2. The summed E-state index contributed by atoms with van der Waals surface area (Å²) in [5.74, 6) is -0.692. The van der Waals surface area contributed by atoms with Gasteiger partial charge in [0.1, 0.15) is 5.82 Å². The summed E-state index contributed by atoms with van der Waals surface area (Å²) in [4.78, 5) is 38.7. The molecule has 1 aliphatic carbocycles. The fourth-order valence-electron chi connectivity index (χ4n) is 3.86. The number of hydrogen-bond donors (Lipinski definition) is 1. The normalized spacial score (nSPS) is 12.3. The molecule has 0 saturated carbocycles. The van der Waals surface area contributed by atoms with Crippen LogP contribution in [-0.2, 0) is 11.8 Å². The highest BCUT2D eigenvalue weighted by Crippen LogP contribution is 2.32. The van der Waals surface area contributed by atoms with E-state index < -0.39 is 0 Å². The summed E-state index contributed by atoms with van der Waals surface area (Å²) in [6.45, 7) is 0. The van der Waals surface area contributed by atoms with Crippen molar-refractivity contribution in [2.45, 2.75) is 5.16 Å². The Hall–Kier alpha value is -4.11. The maximum Gasteiger partial charge on any atom is 0.234 e. The van der Waals surface area contributed by atoms with Crippen LogP contribution < -0.4 is 5.32 Å². The summed E-state index contributed by atoms with van der Waals surface area (Å²) in [5, 5.41) is 11.5. The van der Waals surface area contributed by atoms with Crippen LogP contribution in [0.15, 0.2) is 71.9 Å². The van der Waals surface area contributed by atoms with Crippen molar-refractivity contribution in [3.63, 3.8) is 0 Å². The van der Waals surface area contributed by atoms with Gasteiger partial charge in [-0.25, -0.2) is 4.39 Å². The third-order valence-corrected chi connectivity index (χ3v) is 6.52. The van der Waals surface area contributed by atoms with E-state index in [1.165, 1.54) is 23.9 Å². The number of carbonyl (C=O) groups excluding carboxylic acids is 3. The SMILES string of the molecule is Cn1c(SCC(=O)Nc2cccc3c2C(=O)c2ccccc2C3=O)nnc1-c1ccc(F)cc1. The highest BCUT2D eigenvalue weighted by Gasteiger charge is 2.31. The lowest BCUT2D eigenvalue weighted by atomic mass is 9.83. The third-order valence-electron chi connectivity index (χ3n) is 5.50. The Morgan fingerprint density at radius 3 is 2.32 bits per heavy atom. The van der Waals surface area contributed by atoms with Gasteiger partial charge >= 0.3 is 0 Å². The Balaban J connectivity index is 1.33. The van der Waals surface area contributed by atoms with E-state index in [0.29, 0.717) is 33.4 Å². The van der Waals surface area contributed by atoms with E-state index >= 15 is 0 Å². The number of nitrogens with one attached hydrogen (secondary N) is 1. The van der Waals surface area contributed by atoms with Crippen LogP contribution >= 0.6 is 11.8 Å². The number of benzene rings is 3. The van der Waals surface area contributed by atoms with Gasteiger partial charge in [-0.05, 0) is 30.3 Å². The quantitative estimate of drug-likeness (QED) is 0.387. The molecule has 0 unspecified atom stereocenters. The van der Waals surface area contributed by atoms with Gasteiger partial charge in [-0.1, -0.05) is 48.2 Å². The lowest BCUT2D eigenvalue weighted by Gasteiger charge is -2.20. The zero-order chi connectivity index (χ0) is 23.8. The Morgan fingerprint density at radius 2 is 1.59 bits per heavy atom. The van der Waals surface area contributed by atoms with Crippen LogP contribution in [0.2, 0.25) is 0 Å². The molecule has 4 aromatic rings. The molecule has 0 spiro atoms. The molecule has 0 saturated heterocycles. The van der Waals surface area contributed by atoms with Crippen LogP contribution in [0.5, 0.6) is 0 Å². The molecule has 1 aliphatic rings. The van der Waals surface area contributed by atoms with Crippen molar-refractivity contribution in [3.05, 3.63) is 94.8 Å². The molecule has 0 aliphatic heterocycles. The van der Waals surface area contributed by atoms with Gasteiger partial charge in [0.25, 0.3) is 0 Å². The fourth-order valence-corrected chi connectivity index (χ4v) is 4.57. The molecule has 7 nitrogen and oxygen atoms in total. The molecule has 0 radical (unpaired) electrons. The molecule has 0 fully saturated rings. The number of halogens is 1. The van der Waals surface area contributed by atoms with E-state index in [0.717, 1.165) is 0 Å². The molecule has 9 heteroatoms. The number of amides is 1. The zero-order valence-electron chi connectivity index (χ0n) is 17.9. The van der Waals surface area contributed by atoms with Crippen molar-refractivity contribution in [2.75, 3.05) is 11.1 Å². The van der Waals surface area contributed by atoms with E-state index in [1.807, 2.05) is 0 Å².